The lowest BCUT2D eigenvalue weighted by atomic mass is 10.2. The number of aromatic nitrogens is 2. The van der Waals surface area contributed by atoms with Gasteiger partial charge in [0.25, 0.3) is 0 Å². The zero-order valence-corrected chi connectivity index (χ0v) is 11.5. The molecule has 0 radical (unpaired) electrons. The van der Waals surface area contributed by atoms with Crippen molar-refractivity contribution in [2.45, 2.75) is 44.6 Å². The molecule has 2 rings (SSSR count). The Morgan fingerprint density at radius 1 is 1.39 bits per heavy atom. The molecule has 1 aliphatic rings. The van der Waals surface area contributed by atoms with Crippen molar-refractivity contribution < 1.29 is 0 Å². The van der Waals surface area contributed by atoms with E-state index in [2.05, 4.69) is 21.5 Å². The minimum Gasteiger partial charge on any atom is -0.338 e. The van der Waals surface area contributed by atoms with Gasteiger partial charge in [0.1, 0.15) is 5.82 Å². The number of hydrogen-bond donors (Lipinski definition) is 1. The summed E-state index contributed by atoms with van der Waals surface area (Å²) in [5, 5.41) is 0. The van der Waals surface area contributed by atoms with E-state index in [4.69, 9.17) is 5.73 Å². The molecule has 1 heterocycles. The van der Waals surface area contributed by atoms with Gasteiger partial charge in [0.15, 0.2) is 0 Å². The van der Waals surface area contributed by atoms with E-state index in [9.17, 15) is 0 Å². The van der Waals surface area contributed by atoms with Crippen molar-refractivity contribution >= 4 is 0 Å². The number of imidazole rings is 1. The zero-order chi connectivity index (χ0) is 12.8. The molecule has 0 aliphatic heterocycles. The van der Waals surface area contributed by atoms with E-state index in [1.165, 1.54) is 31.5 Å². The molecule has 4 nitrogen and oxygen atoms in total. The van der Waals surface area contributed by atoms with E-state index in [-0.39, 0.29) is 0 Å². The zero-order valence-electron chi connectivity index (χ0n) is 11.5. The molecule has 0 aromatic carbocycles. The molecule has 0 bridgehead atoms. The fourth-order valence-corrected chi connectivity index (χ4v) is 2.92. The molecule has 0 saturated heterocycles. The van der Waals surface area contributed by atoms with Crippen molar-refractivity contribution in [1.29, 1.82) is 0 Å². The summed E-state index contributed by atoms with van der Waals surface area (Å²) in [4.78, 5) is 7.04. The monoisotopic (exact) mass is 250 g/mol. The van der Waals surface area contributed by atoms with Crippen LogP contribution in [0.1, 0.15) is 37.9 Å². The minimum atomic E-state index is 0.789. The van der Waals surface area contributed by atoms with E-state index in [1.807, 2.05) is 12.4 Å². The average Bonchev–Trinajstić information content (AvgIpc) is 3.01. The fourth-order valence-electron chi connectivity index (χ4n) is 2.92. The highest BCUT2D eigenvalue weighted by Crippen LogP contribution is 2.23. The van der Waals surface area contributed by atoms with Gasteiger partial charge in [-0.3, -0.25) is 4.90 Å². The second-order valence-electron chi connectivity index (χ2n) is 5.32. The van der Waals surface area contributed by atoms with E-state index in [1.54, 1.807) is 0 Å². The molecule has 1 aromatic rings. The summed E-state index contributed by atoms with van der Waals surface area (Å²) in [5.41, 5.74) is 5.65. The van der Waals surface area contributed by atoms with Crippen LogP contribution in [0.4, 0.5) is 0 Å². The van der Waals surface area contributed by atoms with E-state index in [0.717, 1.165) is 38.5 Å². The van der Waals surface area contributed by atoms with Crippen molar-refractivity contribution in [3.05, 3.63) is 18.2 Å². The maximum absolute atomic E-state index is 5.65. The summed E-state index contributed by atoms with van der Waals surface area (Å²) in [6.07, 6.45) is 11.6. The van der Waals surface area contributed by atoms with Crippen molar-refractivity contribution in [3.63, 3.8) is 0 Å². The Morgan fingerprint density at radius 2 is 2.17 bits per heavy atom. The predicted octanol–water partition coefficient (Wildman–Crippen LogP) is 1.56. The largest absolute Gasteiger partial charge is 0.338 e. The number of hydrogen-bond acceptors (Lipinski definition) is 3. The van der Waals surface area contributed by atoms with Gasteiger partial charge in [0.2, 0.25) is 0 Å². The maximum Gasteiger partial charge on any atom is 0.109 e. The lowest BCUT2D eigenvalue weighted by Gasteiger charge is -2.28. The highest BCUT2D eigenvalue weighted by Gasteiger charge is 2.22. The van der Waals surface area contributed by atoms with Gasteiger partial charge in [-0.05, 0) is 32.4 Å². The molecule has 1 fully saturated rings. The lowest BCUT2D eigenvalue weighted by Crippen LogP contribution is -2.36. The third-order valence-corrected chi connectivity index (χ3v) is 4.03. The molecule has 0 spiro atoms. The molecular weight excluding hydrogens is 224 g/mol. The van der Waals surface area contributed by atoms with Crippen LogP contribution in [0.15, 0.2) is 12.4 Å². The van der Waals surface area contributed by atoms with Gasteiger partial charge < -0.3 is 10.3 Å². The van der Waals surface area contributed by atoms with Gasteiger partial charge in [-0.1, -0.05) is 12.8 Å². The molecule has 18 heavy (non-hydrogen) atoms. The number of nitrogens with zero attached hydrogens (tertiary/aromatic N) is 3. The Labute approximate surface area is 110 Å². The maximum atomic E-state index is 5.65. The van der Waals surface area contributed by atoms with Crippen LogP contribution in [0.2, 0.25) is 0 Å². The van der Waals surface area contributed by atoms with Gasteiger partial charge in [-0.25, -0.2) is 4.98 Å². The average molecular weight is 250 g/mol. The predicted molar refractivity (Wildman–Crippen MR) is 74.4 cm³/mol. The Balaban J connectivity index is 1.86. The molecule has 1 aliphatic carbocycles. The molecule has 1 saturated carbocycles. The molecule has 2 N–H and O–H groups in total. The summed E-state index contributed by atoms with van der Waals surface area (Å²) in [7, 11) is 2.07. The van der Waals surface area contributed by atoms with Gasteiger partial charge >= 0.3 is 0 Å². The first-order valence-corrected chi connectivity index (χ1v) is 7.21. The Hall–Kier alpha value is -0.870. The first-order valence-electron chi connectivity index (χ1n) is 7.21. The molecule has 4 heteroatoms. The van der Waals surface area contributed by atoms with Gasteiger partial charge in [0, 0.05) is 38.4 Å². The van der Waals surface area contributed by atoms with Crippen LogP contribution in [-0.4, -0.2) is 40.1 Å². The van der Waals surface area contributed by atoms with Crippen LogP contribution in [0.25, 0.3) is 0 Å². The van der Waals surface area contributed by atoms with Crippen molar-refractivity contribution in [2.24, 2.45) is 12.8 Å². The summed E-state index contributed by atoms with van der Waals surface area (Å²) >= 11 is 0. The van der Waals surface area contributed by atoms with Crippen LogP contribution in [0.3, 0.4) is 0 Å². The summed E-state index contributed by atoms with van der Waals surface area (Å²) in [6.45, 7) is 3.06. The first kappa shape index (κ1) is 13.6. The Morgan fingerprint density at radius 3 is 2.78 bits per heavy atom. The highest BCUT2D eigenvalue weighted by molar-refractivity contribution is 4.92. The summed E-state index contributed by atoms with van der Waals surface area (Å²) in [5.74, 6) is 1.19. The number of nitrogens with two attached hydrogens (primary N) is 1. The summed E-state index contributed by atoms with van der Waals surface area (Å²) < 4.78 is 2.12. The summed E-state index contributed by atoms with van der Waals surface area (Å²) in [6, 6.07) is 0.789. The van der Waals surface area contributed by atoms with E-state index < -0.39 is 0 Å². The van der Waals surface area contributed by atoms with Crippen LogP contribution in [0, 0.1) is 0 Å². The second kappa shape index (κ2) is 6.90. The molecule has 102 valence electrons. The topological polar surface area (TPSA) is 47.1 Å². The third-order valence-electron chi connectivity index (χ3n) is 4.03. The smallest absolute Gasteiger partial charge is 0.109 e. The third kappa shape index (κ3) is 3.56. The number of rotatable bonds is 7. The molecule has 0 atom stereocenters. The van der Waals surface area contributed by atoms with E-state index >= 15 is 0 Å². The van der Waals surface area contributed by atoms with E-state index in [0.29, 0.717) is 0 Å². The number of aryl methyl sites for hydroxylation is 1. The molecule has 0 unspecified atom stereocenters. The lowest BCUT2D eigenvalue weighted by molar-refractivity contribution is 0.198. The van der Waals surface area contributed by atoms with Crippen LogP contribution >= 0.6 is 0 Å². The van der Waals surface area contributed by atoms with Gasteiger partial charge in [-0.2, -0.15) is 0 Å². The van der Waals surface area contributed by atoms with Gasteiger partial charge in [-0.15, -0.1) is 0 Å². The first-order chi connectivity index (χ1) is 8.81. The van der Waals surface area contributed by atoms with Crippen molar-refractivity contribution in [2.75, 3.05) is 19.6 Å². The molecule has 1 aromatic heterocycles. The fraction of sp³-hybridized carbons (Fsp3) is 0.786. The van der Waals surface area contributed by atoms with Gasteiger partial charge in [0.05, 0.1) is 0 Å². The minimum absolute atomic E-state index is 0.789. The second-order valence-corrected chi connectivity index (χ2v) is 5.32. The quantitative estimate of drug-likeness (QED) is 0.799. The standard InChI is InChI=1S/C14H26N4/c1-17-12-9-16-14(17)7-11-18(10-4-8-15)13-5-2-3-6-13/h9,12-13H,2-8,10-11,15H2,1H3. The Kier molecular flexibility index (Phi) is 5.20. The Bertz CT molecular complexity index is 341. The van der Waals surface area contributed by atoms with Crippen LogP contribution < -0.4 is 5.73 Å². The SMILES string of the molecule is Cn1ccnc1CCN(CCCN)C1CCCC1. The highest BCUT2D eigenvalue weighted by atomic mass is 15.2. The van der Waals surface area contributed by atoms with Crippen LogP contribution in [0.5, 0.6) is 0 Å². The normalized spacial score (nSPS) is 16.8. The molecular formula is C14H26N4. The van der Waals surface area contributed by atoms with Crippen LogP contribution in [-0.2, 0) is 13.5 Å². The van der Waals surface area contributed by atoms with Crippen molar-refractivity contribution in [3.8, 4) is 0 Å². The van der Waals surface area contributed by atoms with Crippen molar-refractivity contribution in [1.82, 2.24) is 14.5 Å². The molecule has 0 amide bonds.